The van der Waals surface area contributed by atoms with Crippen molar-refractivity contribution in [3.05, 3.63) is 138 Å². The van der Waals surface area contributed by atoms with Crippen LogP contribution in [0.5, 0.6) is 5.75 Å². The van der Waals surface area contributed by atoms with Gasteiger partial charge in [0.2, 0.25) is 5.91 Å². The number of ether oxygens (including phenoxy) is 1. The number of rotatable bonds is 10. The second-order valence-electron chi connectivity index (χ2n) is 8.85. The van der Waals surface area contributed by atoms with Crippen LogP contribution in [0, 0.1) is 0 Å². The topological polar surface area (TPSA) is 67.4 Å². The number of para-hydroxylation sites is 1. The Labute approximate surface area is 221 Å². The Balaban J connectivity index is 1.36. The molecule has 5 nitrogen and oxygen atoms in total. The zero-order valence-electron chi connectivity index (χ0n) is 20.2. The maximum absolute atomic E-state index is 12.6. The molecule has 0 aromatic heterocycles. The fourth-order valence-corrected chi connectivity index (χ4v) is 6.22. The van der Waals surface area contributed by atoms with Crippen LogP contribution in [-0.2, 0) is 14.3 Å². The third kappa shape index (κ3) is 5.39. The van der Waals surface area contributed by atoms with E-state index in [1.807, 2.05) is 36.4 Å². The van der Waals surface area contributed by atoms with Gasteiger partial charge in [0.15, 0.2) is 6.61 Å². The molecule has 1 aliphatic rings. The van der Waals surface area contributed by atoms with Crippen molar-refractivity contribution in [1.29, 1.82) is 0 Å². The van der Waals surface area contributed by atoms with Gasteiger partial charge < -0.3 is 15.4 Å². The molecule has 6 heteroatoms. The number of carbonyl (C=O) groups is 2. The molecule has 0 saturated carbocycles. The molecule has 4 aromatic carbocycles. The van der Waals surface area contributed by atoms with Crippen LogP contribution in [0.3, 0.4) is 0 Å². The summed E-state index contributed by atoms with van der Waals surface area (Å²) in [5, 5.41) is 5.84. The van der Waals surface area contributed by atoms with Crippen LogP contribution in [0.4, 0.5) is 0 Å². The highest BCUT2D eigenvalue weighted by molar-refractivity contribution is 8.00. The van der Waals surface area contributed by atoms with E-state index in [1.165, 1.54) is 0 Å². The van der Waals surface area contributed by atoms with Crippen molar-refractivity contribution in [2.45, 2.75) is 16.8 Å². The lowest BCUT2D eigenvalue weighted by Gasteiger charge is -2.41. The van der Waals surface area contributed by atoms with Crippen LogP contribution >= 0.6 is 11.8 Å². The van der Waals surface area contributed by atoms with Gasteiger partial charge in [-0.2, -0.15) is 0 Å². The largest absolute Gasteiger partial charge is 0.484 e. The number of hydrogen-bond donors (Lipinski definition) is 2. The molecular weight excluding hydrogens is 480 g/mol. The average molecular weight is 509 g/mol. The van der Waals surface area contributed by atoms with E-state index in [2.05, 4.69) is 83.4 Å². The Kier molecular flexibility index (Phi) is 7.57. The highest BCUT2D eigenvalue weighted by atomic mass is 32.2. The summed E-state index contributed by atoms with van der Waals surface area (Å²) in [6, 6.07) is 39.6. The summed E-state index contributed by atoms with van der Waals surface area (Å²) < 4.78 is 5.06. The summed E-state index contributed by atoms with van der Waals surface area (Å²) >= 11 is 1.76. The number of hydrogen-bond acceptors (Lipinski definition) is 4. The maximum Gasteiger partial charge on any atom is 0.258 e. The predicted molar refractivity (Wildman–Crippen MR) is 147 cm³/mol. The van der Waals surface area contributed by atoms with Gasteiger partial charge in [-0.25, -0.2) is 0 Å². The lowest BCUT2D eigenvalue weighted by Crippen LogP contribution is -2.70. The number of nitrogens with one attached hydrogen (secondary N) is 2. The summed E-state index contributed by atoms with van der Waals surface area (Å²) in [6.45, 7) is -0.143. The monoisotopic (exact) mass is 508 g/mol. The van der Waals surface area contributed by atoms with E-state index in [-0.39, 0.29) is 24.5 Å². The molecule has 0 unspecified atom stereocenters. The molecule has 0 bridgehead atoms. The third-order valence-electron chi connectivity index (χ3n) is 6.46. The molecule has 1 heterocycles. The molecule has 0 aliphatic carbocycles. The van der Waals surface area contributed by atoms with Crippen LogP contribution in [0.15, 0.2) is 121 Å². The van der Waals surface area contributed by atoms with Gasteiger partial charge in [-0.1, -0.05) is 109 Å². The molecule has 4 aromatic rings. The summed E-state index contributed by atoms with van der Waals surface area (Å²) in [5.41, 5.74) is 3.46. The number of β-lactam (4-membered cyclic amide) rings is 1. The minimum atomic E-state index is -0.598. The van der Waals surface area contributed by atoms with Crippen molar-refractivity contribution in [3.63, 3.8) is 0 Å². The predicted octanol–water partition coefficient (Wildman–Crippen LogP) is 4.77. The first-order valence-electron chi connectivity index (χ1n) is 12.2. The molecule has 5 rings (SSSR count). The molecular formula is C31H28N2O3S. The van der Waals surface area contributed by atoms with E-state index in [0.29, 0.717) is 11.5 Å². The number of thioether (sulfide) groups is 1. The Morgan fingerprint density at radius 3 is 1.68 bits per heavy atom. The molecule has 2 amide bonds. The molecule has 0 radical (unpaired) electrons. The standard InChI is InChI=1S/C31H28N2O3S/c34-28(21-36-26-19-11-4-12-20-26)33-29-27(32-30(29)35)22-37-31(23-13-5-1-6-14-23,24-15-7-2-8-16-24)25-17-9-3-10-18-25/h1-20,27,29H,21-22H2,(H,32,35)(H,33,34)/t27-,29+/m1/s1. The Bertz CT molecular complexity index is 1220. The highest BCUT2D eigenvalue weighted by Gasteiger charge is 2.44. The van der Waals surface area contributed by atoms with Crippen LogP contribution in [0.25, 0.3) is 0 Å². The summed E-state index contributed by atoms with van der Waals surface area (Å²) in [7, 11) is 0. The van der Waals surface area contributed by atoms with Crippen molar-refractivity contribution < 1.29 is 14.3 Å². The van der Waals surface area contributed by atoms with E-state index in [4.69, 9.17) is 4.74 Å². The molecule has 186 valence electrons. The molecule has 1 fully saturated rings. The van der Waals surface area contributed by atoms with E-state index in [0.717, 1.165) is 16.7 Å². The van der Waals surface area contributed by atoms with Gasteiger partial charge in [0.05, 0.1) is 10.8 Å². The number of carbonyl (C=O) groups excluding carboxylic acids is 2. The van der Waals surface area contributed by atoms with E-state index < -0.39 is 10.8 Å². The molecule has 37 heavy (non-hydrogen) atoms. The first-order valence-corrected chi connectivity index (χ1v) is 13.2. The first kappa shape index (κ1) is 24.7. The van der Waals surface area contributed by atoms with Crippen molar-refractivity contribution >= 4 is 23.6 Å². The van der Waals surface area contributed by atoms with Crippen molar-refractivity contribution in [3.8, 4) is 5.75 Å². The molecule has 2 atom stereocenters. The second kappa shape index (κ2) is 11.4. The molecule has 0 spiro atoms. The Morgan fingerprint density at radius 2 is 1.22 bits per heavy atom. The summed E-state index contributed by atoms with van der Waals surface area (Å²) in [6.07, 6.45) is 0. The van der Waals surface area contributed by atoms with Crippen LogP contribution in [0.1, 0.15) is 16.7 Å². The molecule has 1 saturated heterocycles. The van der Waals surface area contributed by atoms with Gasteiger partial charge in [-0.3, -0.25) is 9.59 Å². The van der Waals surface area contributed by atoms with Crippen LogP contribution < -0.4 is 15.4 Å². The van der Waals surface area contributed by atoms with Gasteiger partial charge in [-0.05, 0) is 28.8 Å². The van der Waals surface area contributed by atoms with Crippen LogP contribution in [0.2, 0.25) is 0 Å². The van der Waals surface area contributed by atoms with Gasteiger partial charge >= 0.3 is 0 Å². The van der Waals surface area contributed by atoms with Gasteiger partial charge in [0.25, 0.3) is 5.91 Å². The van der Waals surface area contributed by atoms with E-state index in [1.54, 1.807) is 23.9 Å². The summed E-state index contributed by atoms with van der Waals surface area (Å²) in [5.74, 6) is 0.721. The Morgan fingerprint density at radius 1 is 0.757 bits per heavy atom. The minimum Gasteiger partial charge on any atom is -0.484 e. The number of amides is 2. The van der Waals surface area contributed by atoms with Crippen molar-refractivity contribution in [2.75, 3.05) is 12.4 Å². The Hall–Kier alpha value is -4.03. The first-order chi connectivity index (χ1) is 18.2. The number of benzene rings is 4. The van der Waals surface area contributed by atoms with Gasteiger partial charge in [0, 0.05) is 5.75 Å². The third-order valence-corrected chi connectivity index (χ3v) is 8.13. The van der Waals surface area contributed by atoms with E-state index >= 15 is 0 Å². The fourth-order valence-electron chi connectivity index (χ4n) is 4.61. The SMILES string of the molecule is O=C(COc1ccccc1)N[C@@H]1C(=O)N[C@@H]1CSC(c1ccccc1)(c1ccccc1)c1ccccc1. The fraction of sp³-hybridized carbons (Fsp3) is 0.161. The zero-order chi connectivity index (χ0) is 25.5. The van der Waals surface area contributed by atoms with E-state index in [9.17, 15) is 9.59 Å². The maximum atomic E-state index is 12.6. The summed E-state index contributed by atoms with van der Waals surface area (Å²) in [4.78, 5) is 25.0. The quantitative estimate of drug-likeness (QED) is 0.239. The molecule has 2 N–H and O–H groups in total. The van der Waals surface area contributed by atoms with Crippen molar-refractivity contribution in [2.24, 2.45) is 0 Å². The lowest BCUT2D eigenvalue weighted by molar-refractivity contribution is -0.136. The molecule has 1 aliphatic heterocycles. The van der Waals surface area contributed by atoms with Gasteiger partial charge in [0.1, 0.15) is 11.8 Å². The van der Waals surface area contributed by atoms with Gasteiger partial charge in [-0.15, -0.1) is 11.8 Å². The smallest absolute Gasteiger partial charge is 0.258 e. The zero-order valence-corrected chi connectivity index (χ0v) is 21.1. The lowest BCUT2D eigenvalue weighted by atomic mass is 9.84. The average Bonchev–Trinajstić information content (AvgIpc) is 2.97. The second-order valence-corrected chi connectivity index (χ2v) is 10.1. The van der Waals surface area contributed by atoms with Crippen molar-refractivity contribution in [1.82, 2.24) is 10.6 Å². The minimum absolute atomic E-state index is 0.143. The van der Waals surface area contributed by atoms with Crippen LogP contribution in [-0.4, -0.2) is 36.3 Å². The highest BCUT2D eigenvalue weighted by Crippen LogP contribution is 2.48. The normalized spacial score (nSPS) is 16.8.